The van der Waals surface area contributed by atoms with Crippen molar-refractivity contribution in [1.29, 1.82) is 0 Å². The highest BCUT2D eigenvalue weighted by Crippen LogP contribution is 2.46. The highest BCUT2D eigenvalue weighted by molar-refractivity contribution is 8.24. The van der Waals surface area contributed by atoms with Gasteiger partial charge in [0.25, 0.3) is 0 Å². The normalized spacial score (nSPS) is 18.1. The van der Waals surface area contributed by atoms with Crippen molar-refractivity contribution in [1.82, 2.24) is 14.3 Å². The minimum atomic E-state index is -0.836. The van der Waals surface area contributed by atoms with Crippen molar-refractivity contribution in [3.8, 4) is 5.69 Å². The number of aromatic nitrogens is 2. The average Bonchev–Trinajstić information content (AvgIpc) is 3.09. The number of hydrogen-bond donors (Lipinski definition) is 1. The van der Waals surface area contributed by atoms with Gasteiger partial charge in [-0.25, -0.2) is 14.6 Å². The van der Waals surface area contributed by atoms with E-state index in [9.17, 15) is 9.59 Å². The molecule has 30 heavy (non-hydrogen) atoms. The molecule has 0 aliphatic carbocycles. The van der Waals surface area contributed by atoms with Crippen molar-refractivity contribution in [3.05, 3.63) is 79.6 Å². The van der Waals surface area contributed by atoms with Gasteiger partial charge < -0.3 is 4.52 Å². The van der Waals surface area contributed by atoms with Crippen LogP contribution >= 0.6 is 47.2 Å². The monoisotopic (exact) mass is 482 g/mol. The summed E-state index contributed by atoms with van der Waals surface area (Å²) in [4.78, 5) is 25.8. The van der Waals surface area contributed by atoms with Crippen LogP contribution in [-0.2, 0) is 0 Å². The topological polar surface area (TPSA) is 72.4 Å². The number of hydrogen-bond acceptors (Lipinski definition) is 6. The van der Waals surface area contributed by atoms with Gasteiger partial charge in [0, 0.05) is 0 Å². The van der Waals surface area contributed by atoms with Gasteiger partial charge in [0.1, 0.15) is 0 Å². The molecule has 7 nitrogen and oxygen atoms in total. The summed E-state index contributed by atoms with van der Waals surface area (Å²) >= 11 is 18.9. The maximum absolute atomic E-state index is 13.2. The molecule has 1 aliphatic heterocycles. The minimum absolute atomic E-state index is 0.221. The highest BCUT2D eigenvalue weighted by Gasteiger charge is 2.49. The Hall–Kier alpha value is -2.20. The van der Waals surface area contributed by atoms with Gasteiger partial charge in [0.15, 0.2) is 10.5 Å². The van der Waals surface area contributed by atoms with Gasteiger partial charge >= 0.3 is 11.4 Å². The van der Waals surface area contributed by atoms with Crippen molar-refractivity contribution in [2.75, 3.05) is 5.43 Å². The number of rotatable bonds is 4. The Kier molecular flexibility index (Phi) is 5.48. The van der Waals surface area contributed by atoms with E-state index in [1.807, 2.05) is 44.2 Å². The maximum atomic E-state index is 13.2. The summed E-state index contributed by atoms with van der Waals surface area (Å²) in [5, 5.41) is 2.19. The van der Waals surface area contributed by atoms with E-state index in [0.717, 1.165) is 15.0 Å². The second-order valence-electron chi connectivity index (χ2n) is 7.09. The fourth-order valence-electron chi connectivity index (χ4n) is 3.22. The molecule has 0 radical (unpaired) electrons. The molecule has 0 bridgehead atoms. The summed E-state index contributed by atoms with van der Waals surface area (Å²) in [7, 11) is 0. The Balaban J connectivity index is 1.81. The van der Waals surface area contributed by atoms with Crippen molar-refractivity contribution in [2.24, 2.45) is 0 Å². The lowest BCUT2D eigenvalue weighted by Gasteiger charge is -2.31. The van der Waals surface area contributed by atoms with Crippen molar-refractivity contribution in [3.63, 3.8) is 0 Å². The quantitative estimate of drug-likeness (QED) is 0.547. The van der Waals surface area contributed by atoms with E-state index < -0.39 is 22.4 Å². The molecule has 1 unspecified atom stereocenters. The van der Waals surface area contributed by atoms with E-state index in [4.69, 9.17) is 39.9 Å². The summed E-state index contributed by atoms with van der Waals surface area (Å²) in [5.74, 6) is -0.836. The third kappa shape index (κ3) is 3.66. The first-order valence-electron chi connectivity index (χ1n) is 8.83. The molecule has 2 heterocycles. The molecule has 11 heteroatoms. The van der Waals surface area contributed by atoms with Crippen LogP contribution in [0.25, 0.3) is 5.69 Å². The van der Waals surface area contributed by atoms with Crippen LogP contribution in [0.1, 0.15) is 20.0 Å². The van der Waals surface area contributed by atoms with Crippen LogP contribution in [0.5, 0.6) is 0 Å². The van der Waals surface area contributed by atoms with Crippen LogP contribution in [-0.4, -0.2) is 23.4 Å². The van der Waals surface area contributed by atoms with Gasteiger partial charge in [0.2, 0.25) is 0 Å². The third-order valence-corrected chi connectivity index (χ3v) is 6.85. The van der Waals surface area contributed by atoms with Gasteiger partial charge in [0.05, 0.1) is 26.2 Å². The van der Waals surface area contributed by atoms with Gasteiger partial charge in [-0.15, -0.1) is 4.74 Å². The maximum Gasteiger partial charge on any atom is 0.447 e. The SMILES string of the molecule is CC1(C)SC(=S)N(Nc2ccccc2)C1n1oc(=O)n(-c2ccc(Cl)c(Cl)c2)c1=O. The molecular weight excluding hydrogens is 467 g/mol. The smallest absolute Gasteiger partial charge is 0.314 e. The van der Waals surface area contributed by atoms with Crippen LogP contribution in [0.15, 0.2) is 62.6 Å². The first-order chi connectivity index (χ1) is 14.2. The Bertz CT molecular complexity index is 1240. The molecule has 0 spiro atoms. The summed E-state index contributed by atoms with van der Waals surface area (Å²) in [6.07, 6.45) is -0.695. The first kappa shape index (κ1) is 21.0. The minimum Gasteiger partial charge on any atom is -0.314 e. The highest BCUT2D eigenvalue weighted by atomic mass is 35.5. The van der Waals surface area contributed by atoms with E-state index in [0.29, 0.717) is 9.34 Å². The fourth-order valence-corrected chi connectivity index (χ4v) is 5.30. The second kappa shape index (κ2) is 7.81. The number of benzene rings is 2. The zero-order chi connectivity index (χ0) is 21.6. The average molecular weight is 483 g/mol. The molecule has 1 saturated heterocycles. The molecule has 156 valence electrons. The largest absolute Gasteiger partial charge is 0.447 e. The Morgan fingerprint density at radius 2 is 1.80 bits per heavy atom. The van der Waals surface area contributed by atoms with E-state index >= 15 is 0 Å². The summed E-state index contributed by atoms with van der Waals surface area (Å²) in [6, 6.07) is 13.9. The number of para-hydroxylation sites is 1. The molecule has 1 N–H and O–H groups in total. The Morgan fingerprint density at radius 1 is 1.10 bits per heavy atom. The molecule has 1 fully saturated rings. The van der Waals surface area contributed by atoms with Crippen molar-refractivity contribution in [2.45, 2.75) is 24.8 Å². The van der Waals surface area contributed by atoms with Crippen molar-refractivity contribution < 1.29 is 4.52 Å². The molecule has 1 aliphatic rings. The number of nitrogens with one attached hydrogen (secondary N) is 1. The van der Waals surface area contributed by atoms with E-state index in [-0.39, 0.29) is 10.7 Å². The standard InChI is InChI=1S/C19H16Cl2N4O3S2/c1-19(2)15(24(18(29)30-19)22-11-6-4-3-5-7-11)25-16(26)23(17(27)28-25)12-8-9-13(20)14(21)10-12/h3-10,15,22H,1-2H3. The summed E-state index contributed by atoms with van der Waals surface area (Å²) < 4.78 is 7.28. The van der Waals surface area contributed by atoms with E-state index in [1.165, 1.54) is 30.0 Å². The lowest BCUT2D eigenvalue weighted by atomic mass is 10.1. The van der Waals surface area contributed by atoms with Gasteiger partial charge in [-0.2, -0.15) is 4.57 Å². The molecule has 2 aromatic carbocycles. The number of hydrazine groups is 1. The molecule has 3 aromatic rings. The van der Waals surface area contributed by atoms with Crippen LogP contribution in [0, 0.1) is 0 Å². The first-order valence-corrected chi connectivity index (χ1v) is 10.8. The van der Waals surface area contributed by atoms with Crippen LogP contribution in [0.2, 0.25) is 10.0 Å². The van der Waals surface area contributed by atoms with Gasteiger partial charge in [-0.1, -0.05) is 65.4 Å². The predicted molar refractivity (Wildman–Crippen MR) is 124 cm³/mol. The molecule has 1 atom stereocenters. The van der Waals surface area contributed by atoms with E-state index in [1.54, 1.807) is 5.01 Å². The Labute approximate surface area is 191 Å². The molecule has 4 rings (SSSR count). The van der Waals surface area contributed by atoms with Crippen LogP contribution in [0.3, 0.4) is 0 Å². The van der Waals surface area contributed by atoms with Crippen LogP contribution < -0.4 is 16.9 Å². The number of halogens is 2. The zero-order valence-corrected chi connectivity index (χ0v) is 19.0. The molecule has 0 amide bonds. The van der Waals surface area contributed by atoms with E-state index in [2.05, 4.69) is 5.43 Å². The third-order valence-electron chi connectivity index (χ3n) is 4.56. The fraction of sp³-hybridized carbons (Fsp3) is 0.211. The number of anilines is 1. The Morgan fingerprint density at radius 3 is 2.47 bits per heavy atom. The molecule has 1 aromatic heterocycles. The summed E-state index contributed by atoms with van der Waals surface area (Å²) in [5.41, 5.74) is 3.60. The lowest BCUT2D eigenvalue weighted by molar-refractivity contribution is 0.104. The lowest BCUT2D eigenvalue weighted by Crippen LogP contribution is -2.44. The van der Waals surface area contributed by atoms with Crippen LogP contribution in [0.4, 0.5) is 5.69 Å². The number of nitrogens with zero attached hydrogens (tertiary/aromatic N) is 3. The predicted octanol–water partition coefficient (Wildman–Crippen LogP) is 4.54. The van der Waals surface area contributed by atoms with Crippen molar-refractivity contribution >= 4 is 57.2 Å². The number of thioether (sulfide) groups is 1. The zero-order valence-electron chi connectivity index (χ0n) is 15.8. The summed E-state index contributed by atoms with van der Waals surface area (Å²) in [6.45, 7) is 3.84. The van der Waals surface area contributed by atoms with Gasteiger partial charge in [-0.3, -0.25) is 5.43 Å². The number of thiocarbonyl (C=S) groups is 1. The molecule has 0 saturated carbocycles. The second-order valence-corrected chi connectivity index (χ2v) is 10.2. The van der Waals surface area contributed by atoms with Gasteiger partial charge in [-0.05, 0) is 44.2 Å². The molecular formula is C19H16Cl2N4O3S2.